The zero-order chi connectivity index (χ0) is 19.8. The molecule has 0 aromatic heterocycles. The van der Waals surface area contributed by atoms with Crippen molar-refractivity contribution in [2.45, 2.75) is 46.5 Å². The van der Waals surface area contributed by atoms with E-state index in [9.17, 15) is 9.59 Å². The highest BCUT2D eigenvalue weighted by Gasteiger charge is 2.46. The van der Waals surface area contributed by atoms with E-state index in [0.717, 1.165) is 36.0 Å². The van der Waals surface area contributed by atoms with Gasteiger partial charge in [-0.25, -0.2) is 4.79 Å². The van der Waals surface area contributed by atoms with Crippen LogP contribution in [-0.2, 0) is 20.7 Å². The van der Waals surface area contributed by atoms with Gasteiger partial charge < -0.3 is 9.47 Å². The van der Waals surface area contributed by atoms with Gasteiger partial charge in [0.05, 0.1) is 11.6 Å². The summed E-state index contributed by atoms with van der Waals surface area (Å²) >= 11 is 13.0. The highest BCUT2D eigenvalue weighted by atomic mass is 35.5. The van der Waals surface area contributed by atoms with Gasteiger partial charge in [-0.1, -0.05) is 37.0 Å². The van der Waals surface area contributed by atoms with Crippen LogP contribution < -0.4 is 4.74 Å². The van der Waals surface area contributed by atoms with E-state index in [1.54, 1.807) is 13.0 Å². The van der Waals surface area contributed by atoms with E-state index in [1.165, 1.54) is 0 Å². The first kappa shape index (κ1) is 20.2. The summed E-state index contributed by atoms with van der Waals surface area (Å²) in [5.41, 5.74) is 2.80. The number of carbonyl (C=O) groups excluding carboxylic acids is 2. The predicted molar refractivity (Wildman–Crippen MR) is 106 cm³/mol. The molecule has 0 amide bonds. The first-order valence-corrected chi connectivity index (χ1v) is 10.1. The fourth-order valence-electron chi connectivity index (χ4n) is 4.36. The smallest absolute Gasteiger partial charge is 0.344 e. The standard InChI is InChI=1S/C21H24Cl2O4/c1-4-26-17(25)11-27-16-7-13-10-21(9-12(2)3)6-5-14(24)8-15(21)18(13)20(23)19(16)22/h7-8,12H,4-6,9-11H2,1-3H3. The number of fused-ring (bicyclic) bond motifs is 3. The molecular formula is C21H24Cl2O4. The van der Waals surface area contributed by atoms with Crippen LogP contribution in [0.5, 0.6) is 5.75 Å². The molecule has 0 saturated heterocycles. The van der Waals surface area contributed by atoms with Crippen molar-refractivity contribution < 1.29 is 19.1 Å². The Labute approximate surface area is 169 Å². The van der Waals surface area contributed by atoms with Crippen molar-refractivity contribution in [1.29, 1.82) is 0 Å². The molecule has 4 nitrogen and oxygen atoms in total. The zero-order valence-electron chi connectivity index (χ0n) is 15.9. The second kappa shape index (κ2) is 7.84. The largest absolute Gasteiger partial charge is 0.480 e. The van der Waals surface area contributed by atoms with Gasteiger partial charge in [-0.05, 0) is 55.4 Å². The van der Waals surface area contributed by atoms with Gasteiger partial charge in [-0.3, -0.25) is 4.79 Å². The zero-order valence-corrected chi connectivity index (χ0v) is 17.4. The predicted octanol–water partition coefficient (Wildman–Crippen LogP) is 5.27. The summed E-state index contributed by atoms with van der Waals surface area (Å²) in [5.74, 6) is 0.541. The number of halogens is 2. The molecule has 1 aromatic rings. The Morgan fingerprint density at radius 3 is 2.70 bits per heavy atom. The molecule has 2 aliphatic carbocycles. The number of allylic oxidation sites excluding steroid dienone is 2. The number of carbonyl (C=O) groups is 2. The van der Waals surface area contributed by atoms with Crippen molar-refractivity contribution in [2.75, 3.05) is 13.2 Å². The van der Waals surface area contributed by atoms with Crippen LogP contribution in [0.2, 0.25) is 10.0 Å². The summed E-state index contributed by atoms with van der Waals surface area (Å²) in [6.45, 7) is 6.19. The highest BCUT2D eigenvalue weighted by Crippen LogP contribution is 2.58. The van der Waals surface area contributed by atoms with Crippen molar-refractivity contribution in [1.82, 2.24) is 0 Å². The normalized spacial score (nSPS) is 21.0. The Morgan fingerprint density at radius 1 is 1.30 bits per heavy atom. The number of rotatable bonds is 6. The minimum absolute atomic E-state index is 0.0862. The number of benzene rings is 1. The molecule has 27 heavy (non-hydrogen) atoms. The van der Waals surface area contributed by atoms with Crippen molar-refractivity contribution in [3.05, 3.63) is 33.3 Å². The van der Waals surface area contributed by atoms with Crippen LogP contribution in [-0.4, -0.2) is 25.0 Å². The Bertz CT molecular complexity index is 813. The first-order chi connectivity index (χ1) is 12.8. The molecule has 2 aliphatic rings. The van der Waals surface area contributed by atoms with Crippen molar-refractivity contribution in [3.8, 4) is 5.75 Å². The van der Waals surface area contributed by atoms with Crippen LogP contribution in [0.3, 0.4) is 0 Å². The van der Waals surface area contributed by atoms with Gasteiger partial charge in [0.15, 0.2) is 12.4 Å². The molecule has 0 heterocycles. The summed E-state index contributed by atoms with van der Waals surface area (Å²) in [7, 11) is 0. The van der Waals surface area contributed by atoms with Gasteiger partial charge in [0.2, 0.25) is 0 Å². The van der Waals surface area contributed by atoms with Crippen molar-refractivity contribution >= 4 is 40.5 Å². The molecule has 1 aromatic carbocycles. The Balaban J connectivity index is 1.99. The summed E-state index contributed by atoms with van der Waals surface area (Å²) < 4.78 is 10.5. The molecule has 0 spiro atoms. The van der Waals surface area contributed by atoms with Crippen LogP contribution in [0.25, 0.3) is 5.57 Å². The lowest BCUT2D eigenvalue weighted by Gasteiger charge is -2.35. The molecule has 0 radical (unpaired) electrons. The van der Waals surface area contributed by atoms with Gasteiger partial charge in [0, 0.05) is 17.4 Å². The average molecular weight is 411 g/mol. The second-order valence-corrected chi connectivity index (χ2v) is 8.47. The summed E-state index contributed by atoms with van der Waals surface area (Å²) in [4.78, 5) is 23.7. The second-order valence-electron chi connectivity index (χ2n) is 7.71. The van der Waals surface area contributed by atoms with Crippen molar-refractivity contribution in [3.63, 3.8) is 0 Å². The van der Waals surface area contributed by atoms with Gasteiger partial charge in [0.1, 0.15) is 10.8 Å². The van der Waals surface area contributed by atoms with Crippen molar-refractivity contribution in [2.24, 2.45) is 11.3 Å². The van der Waals surface area contributed by atoms with E-state index < -0.39 is 5.97 Å². The number of esters is 1. The van der Waals surface area contributed by atoms with Gasteiger partial charge >= 0.3 is 5.97 Å². The molecule has 0 aliphatic heterocycles. The highest BCUT2D eigenvalue weighted by molar-refractivity contribution is 6.44. The van der Waals surface area contributed by atoms with E-state index in [0.29, 0.717) is 29.7 Å². The number of ether oxygens (including phenoxy) is 2. The minimum Gasteiger partial charge on any atom is -0.480 e. The third-order valence-electron chi connectivity index (χ3n) is 5.23. The van der Waals surface area contributed by atoms with E-state index in [-0.39, 0.29) is 22.8 Å². The molecule has 1 atom stereocenters. The fraction of sp³-hybridized carbons (Fsp3) is 0.524. The SMILES string of the molecule is CCOC(=O)COc1cc2c(c(Cl)c1Cl)C1=CC(=O)CCC1(CC(C)C)C2. The number of hydrogen-bond donors (Lipinski definition) is 0. The molecule has 0 saturated carbocycles. The van der Waals surface area contributed by atoms with E-state index in [1.807, 2.05) is 6.07 Å². The molecular weight excluding hydrogens is 387 g/mol. The maximum atomic E-state index is 12.1. The maximum Gasteiger partial charge on any atom is 0.344 e. The van der Waals surface area contributed by atoms with Crippen LogP contribution in [0.1, 0.15) is 51.2 Å². The summed E-state index contributed by atoms with van der Waals surface area (Å²) in [5, 5.41) is 0.651. The quantitative estimate of drug-likeness (QED) is 0.599. The molecule has 6 heteroatoms. The monoisotopic (exact) mass is 410 g/mol. The average Bonchev–Trinajstić information content (AvgIpc) is 2.90. The van der Waals surface area contributed by atoms with Gasteiger partial charge in [0.25, 0.3) is 0 Å². The molecule has 0 N–H and O–H groups in total. The lowest BCUT2D eigenvalue weighted by Crippen LogP contribution is -2.27. The van der Waals surface area contributed by atoms with Gasteiger partial charge in [-0.2, -0.15) is 0 Å². The van der Waals surface area contributed by atoms with E-state index >= 15 is 0 Å². The molecule has 1 unspecified atom stereocenters. The molecule has 146 valence electrons. The van der Waals surface area contributed by atoms with Gasteiger partial charge in [-0.15, -0.1) is 0 Å². The lowest BCUT2D eigenvalue weighted by molar-refractivity contribution is -0.145. The number of ketones is 1. The molecule has 3 rings (SSSR count). The van der Waals surface area contributed by atoms with E-state index in [4.69, 9.17) is 32.7 Å². The first-order valence-electron chi connectivity index (χ1n) is 9.32. The Hall–Kier alpha value is -1.52. The van der Waals surface area contributed by atoms with Crippen LogP contribution in [0.4, 0.5) is 0 Å². The number of hydrogen-bond acceptors (Lipinski definition) is 4. The van der Waals surface area contributed by atoms with E-state index in [2.05, 4.69) is 13.8 Å². The maximum absolute atomic E-state index is 12.1. The van der Waals surface area contributed by atoms with Crippen LogP contribution in [0.15, 0.2) is 12.1 Å². The molecule has 0 bridgehead atoms. The molecule has 0 fully saturated rings. The third kappa shape index (κ3) is 3.88. The summed E-state index contributed by atoms with van der Waals surface area (Å²) in [6, 6.07) is 1.86. The third-order valence-corrected chi connectivity index (χ3v) is 6.08. The van der Waals surface area contributed by atoms with Crippen LogP contribution in [0, 0.1) is 11.3 Å². The topological polar surface area (TPSA) is 52.6 Å². The Morgan fingerprint density at radius 2 is 2.04 bits per heavy atom. The van der Waals surface area contributed by atoms with Crippen LogP contribution >= 0.6 is 23.2 Å². The minimum atomic E-state index is -0.455. The Kier molecular flexibility index (Phi) is 5.87. The summed E-state index contributed by atoms with van der Waals surface area (Å²) in [6.07, 6.45) is 4.90. The lowest BCUT2D eigenvalue weighted by atomic mass is 9.68. The fourth-order valence-corrected chi connectivity index (χ4v) is 4.88.